The zero-order chi connectivity index (χ0) is 18.6. The van der Waals surface area contributed by atoms with Crippen molar-refractivity contribution in [1.29, 1.82) is 0 Å². The highest BCUT2D eigenvalue weighted by atomic mass is 16.2. The second-order valence-corrected chi connectivity index (χ2v) is 6.79. The van der Waals surface area contributed by atoms with Gasteiger partial charge in [-0.25, -0.2) is 0 Å². The fourth-order valence-corrected chi connectivity index (χ4v) is 3.08. The number of hydrogen-bond donors (Lipinski definition) is 1. The number of rotatable bonds is 9. The van der Waals surface area contributed by atoms with Crippen molar-refractivity contribution in [3.8, 4) is 0 Å². The first kappa shape index (κ1) is 20.2. The summed E-state index contributed by atoms with van der Waals surface area (Å²) in [5, 5.41) is 2.78. The average molecular weight is 357 g/mol. The Kier molecular flexibility index (Phi) is 8.90. The molecule has 5 nitrogen and oxygen atoms in total. The van der Waals surface area contributed by atoms with Crippen molar-refractivity contribution in [3.63, 3.8) is 0 Å². The molecule has 0 unspecified atom stereocenters. The average Bonchev–Trinajstić information content (AvgIpc) is 2.65. The lowest BCUT2D eigenvalue weighted by molar-refractivity contribution is -0.133. The van der Waals surface area contributed by atoms with Crippen LogP contribution in [-0.4, -0.2) is 60.9 Å². The zero-order valence-corrected chi connectivity index (χ0v) is 15.8. The summed E-state index contributed by atoms with van der Waals surface area (Å²) in [4.78, 5) is 27.4. The minimum Gasteiger partial charge on any atom is -0.356 e. The normalized spacial score (nSPS) is 15.3. The molecular formula is C21H31N3O2. The molecule has 142 valence electrons. The summed E-state index contributed by atoms with van der Waals surface area (Å²) >= 11 is 0. The number of nitrogens with one attached hydrogen (secondary N) is 1. The van der Waals surface area contributed by atoms with Crippen LogP contribution in [0.15, 0.2) is 36.4 Å². The van der Waals surface area contributed by atoms with Gasteiger partial charge in [-0.3, -0.25) is 14.5 Å². The molecule has 1 aromatic carbocycles. The molecular weight excluding hydrogens is 326 g/mol. The highest BCUT2D eigenvalue weighted by molar-refractivity contribution is 5.76. The van der Waals surface area contributed by atoms with Crippen molar-refractivity contribution in [1.82, 2.24) is 15.1 Å². The number of unbranched alkanes of at least 4 members (excludes halogenated alkanes) is 2. The summed E-state index contributed by atoms with van der Waals surface area (Å²) in [6.45, 7) is 6.69. The number of hydrogen-bond acceptors (Lipinski definition) is 3. The molecule has 0 radical (unpaired) electrons. The summed E-state index contributed by atoms with van der Waals surface area (Å²) < 4.78 is 0. The number of nitrogens with zero attached hydrogens (tertiary/aromatic N) is 2. The van der Waals surface area contributed by atoms with Crippen LogP contribution in [0.3, 0.4) is 0 Å². The highest BCUT2D eigenvalue weighted by Gasteiger charge is 2.19. The van der Waals surface area contributed by atoms with E-state index in [1.807, 2.05) is 23.1 Å². The Morgan fingerprint density at radius 2 is 1.77 bits per heavy atom. The smallest absolute Gasteiger partial charge is 0.222 e. The molecule has 26 heavy (non-hydrogen) atoms. The molecule has 0 aliphatic carbocycles. The molecule has 0 saturated carbocycles. The van der Waals surface area contributed by atoms with Gasteiger partial charge in [0.05, 0.1) is 0 Å². The number of piperazine rings is 1. The topological polar surface area (TPSA) is 52.7 Å². The van der Waals surface area contributed by atoms with Crippen LogP contribution < -0.4 is 5.32 Å². The fourth-order valence-electron chi connectivity index (χ4n) is 3.08. The van der Waals surface area contributed by atoms with Gasteiger partial charge in [0, 0.05) is 52.6 Å². The Balaban J connectivity index is 1.56. The first-order chi connectivity index (χ1) is 12.6. The van der Waals surface area contributed by atoms with E-state index in [1.54, 1.807) is 0 Å². The second kappa shape index (κ2) is 11.5. The van der Waals surface area contributed by atoms with Gasteiger partial charge in [0.1, 0.15) is 0 Å². The van der Waals surface area contributed by atoms with E-state index in [0.717, 1.165) is 52.0 Å². The van der Waals surface area contributed by atoms with Crippen LogP contribution in [-0.2, 0) is 9.59 Å². The molecule has 0 aromatic heterocycles. The van der Waals surface area contributed by atoms with Crippen LogP contribution in [0.25, 0.3) is 6.08 Å². The van der Waals surface area contributed by atoms with Crippen molar-refractivity contribution in [2.75, 3.05) is 39.3 Å². The van der Waals surface area contributed by atoms with Gasteiger partial charge in [-0.15, -0.1) is 0 Å². The van der Waals surface area contributed by atoms with Crippen molar-refractivity contribution in [2.45, 2.75) is 32.6 Å². The molecule has 2 rings (SSSR count). The summed E-state index contributed by atoms with van der Waals surface area (Å²) in [5.74, 6) is 0.279. The van der Waals surface area contributed by atoms with E-state index in [1.165, 1.54) is 12.5 Å². The van der Waals surface area contributed by atoms with E-state index < -0.39 is 0 Å². The van der Waals surface area contributed by atoms with Gasteiger partial charge in [-0.1, -0.05) is 48.9 Å². The lowest BCUT2D eigenvalue weighted by atomic mass is 10.1. The maximum Gasteiger partial charge on any atom is 0.222 e. The Labute approximate surface area is 157 Å². The quantitative estimate of drug-likeness (QED) is 0.691. The summed E-state index contributed by atoms with van der Waals surface area (Å²) in [7, 11) is 0. The highest BCUT2D eigenvalue weighted by Crippen LogP contribution is 2.08. The molecule has 0 atom stereocenters. The van der Waals surface area contributed by atoms with Crippen LogP contribution in [0.5, 0.6) is 0 Å². The largest absolute Gasteiger partial charge is 0.356 e. The SMILES string of the molecule is CC(=O)NCCCCCC(=O)N1CCN(CC=Cc2ccccc2)CC1. The van der Waals surface area contributed by atoms with Gasteiger partial charge in [0.15, 0.2) is 0 Å². The Morgan fingerprint density at radius 1 is 1.04 bits per heavy atom. The van der Waals surface area contributed by atoms with Crippen LogP contribution >= 0.6 is 0 Å². The molecule has 2 amide bonds. The summed E-state index contributed by atoms with van der Waals surface area (Å²) in [5.41, 5.74) is 1.22. The van der Waals surface area contributed by atoms with Gasteiger partial charge in [-0.05, 0) is 18.4 Å². The van der Waals surface area contributed by atoms with E-state index in [9.17, 15) is 9.59 Å². The molecule has 1 aliphatic heterocycles. The number of carbonyl (C=O) groups is 2. The van der Waals surface area contributed by atoms with Crippen molar-refractivity contribution in [3.05, 3.63) is 42.0 Å². The second-order valence-electron chi connectivity index (χ2n) is 6.79. The standard InChI is InChI=1S/C21H31N3O2/c1-19(25)22-13-7-3-6-12-21(26)24-17-15-23(16-18-24)14-8-11-20-9-4-2-5-10-20/h2,4-5,8-11H,3,6-7,12-18H2,1H3,(H,22,25). The summed E-state index contributed by atoms with van der Waals surface area (Å²) in [6.07, 6.45) is 7.79. The Bertz CT molecular complexity index is 578. The summed E-state index contributed by atoms with van der Waals surface area (Å²) in [6, 6.07) is 10.3. The van der Waals surface area contributed by atoms with Gasteiger partial charge in [-0.2, -0.15) is 0 Å². The maximum absolute atomic E-state index is 12.3. The van der Waals surface area contributed by atoms with Gasteiger partial charge in [0.2, 0.25) is 11.8 Å². The Hall–Kier alpha value is -2.14. The van der Waals surface area contributed by atoms with Crippen LogP contribution in [0, 0.1) is 0 Å². The van der Waals surface area contributed by atoms with E-state index in [4.69, 9.17) is 0 Å². The minimum absolute atomic E-state index is 0.0116. The minimum atomic E-state index is 0.0116. The first-order valence-corrected chi connectivity index (χ1v) is 9.61. The van der Waals surface area contributed by atoms with Gasteiger partial charge >= 0.3 is 0 Å². The van der Waals surface area contributed by atoms with Crippen molar-refractivity contribution >= 4 is 17.9 Å². The van der Waals surface area contributed by atoms with Crippen molar-refractivity contribution in [2.24, 2.45) is 0 Å². The zero-order valence-electron chi connectivity index (χ0n) is 15.8. The molecule has 1 fully saturated rings. The van der Waals surface area contributed by atoms with E-state index in [-0.39, 0.29) is 11.8 Å². The third-order valence-electron chi connectivity index (χ3n) is 4.64. The lowest BCUT2D eigenvalue weighted by Gasteiger charge is -2.34. The van der Waals surface area contributed by atoms with Crippen LogP contribution in [0.4, 0.5) is 0 Å². The monoisotopic (exact) mass is 357 g/mol. The van der Waals surface area contributed by atoms with E-state index >= 15 is 0 Å². The predicted octanol–water partition coefficient (Wildman–Crippen LogP) is 2.54. The number of carbonyl (C=O) groups excluding carboxylic acids is 2. The molecule has 0 spiro atoms. The maximum atomic E-state index is 12.3. The van der Waals surface area contributed by atoms with Gasteiger partial charge < -0.3 is 10.2 Å². The molecule has 1 aliphatic rings. The van der Waals surface area contributed by atoms with Crippen LogP contribution in [0.2, 0.25) is 0 Å². The molecule has 1 saturated heterocycles. The van der Waals surface area contributed by atoms with Crippen LogP contribution in [0.1, 0.15) is 38.2 Å². The number of benzene rings is 1. The molecule has 1 aromatic rings. The molecule has 1 N–H and O–H groups in total. The third kappa shape index (κ3) is 7.83. The Morgan fingerprint density at radius 3 is 2.46 bits per heavy atom. The van der Waals surface area contributed by atoms with Gasteiger partial charge in [0.25, 0.3) is 0 Å². The molecule has 1 heterocycles. The third-order valence-corrected chi connectivity index (χ3v) is 4.64. The molecule has 5 heteroatoms. The number of amides is 2. The first-order valence-electron chi connectivity index (χ1n) is 9.61. The van der Waals surface area contributed by atoms with E-state index in [2.05, 4.69) is 34.5 Å². The lowest BCUT2D eigenvalue weighted by Crippen LogP contribution is -2.48. The fraction of sp³-hybridized carbons (Fsp3) is 0.524. The van der Waals surface area contributed by atoms with Crippen molar-refractivity contribution < 1.29 is 9.59 Å². The van der Waals surface area contributed by atoms with E-state index in [0.29, 0.717) is 13.0 Å². The predicted molar refractivity (Wildman–Crippen MR) is 106 cm³/mol. The molecule has 0 bridgehead atoms.